The lowest BCUT2D eigenvalue weighted by atomic mass is 10.2. The van der Waals surface area contributed by atoms with Gasteiger partial charge in [-0.2, -0.15) is 0 Å². The molecule has 1 aliphatic rings. The Balaban J connectivity index is 2.12. The summed E-state index contributed by atoms with van der Waals surface area (Å²) in [5.74, 6) is -0.995. The van der Waals surface area contributed by atoms with E-state index in [0.717, 1.165) is 12.8 Å². The molecule has 1 fully saturated rings. The van der Waals surface area contributed by atoms with E-state index in [1.165, 1.54) is 45.3 Å². The third-order valence-corrected chi connectivity index (χ3v) is 5.69. The fourth-order valence-corrected chi connectivity index (χ4v) is 3.52. The average Bonchev–Trinajstić information content (AvgIpc) is 3.14. The van der Waals surface area contributed by atoms with Crippen LogP contribution in [0.15, 0.2) is 29.2 Å². The van der Waals surface area contributed by atoms with Crippen LogP contribution in [0.5, 0.6) is 0 Å². The van der Waals surface area contributed by atoms with Gasteiger partial charge in [-0.15, -0.1) is 0 Å². The highest BCUT2D eigenvalue weighted by molar-refractivity contribution is 7.89. The van der Waals surface area contributed by atoms with E-state index >= 15 is 0 Å². The maximum absolute atomic E-state index is 12.3. The van der Waals surface area contributed by atoms with Crippen molar-refractivity contribution in [1.82, 2.24) is 9.37 Å². The summed E-state index contributed by atoms with van der Waals surface area (Å²) in [5, 5.41) is 0. The molecular formula is C16H22N2O6S. The summed E-state index contributed by atoms with van der Waals surface area (Å²) in [6.07, 6.45) is 0.964. The lowest BCUT2D eigenvalue weighted by molar-refractivity contribution is -0.138. The normalized spacial score (nSPS) is 16.1. The van der Waals surface area contributed by atoms with Crippen LogP contribution in [-0.2, 0) is 24.4 Å². The molecule has 1 atom stereocenters. The van der Waals surface area contributed by atoms with E-state index in [0.29, 0.717) is 17.6 Å². The second kappa shape index (κ2) is 7.94. The number of carbonyl (C=O) groups is 2. The Kier molecular flexibility index (Phi) is 6.15. The Labute approximate surface area is 147 Å². The highest BCUT2D eigenvalue weighted by Crippen LogP contribution is 2.17. The van der Waals surface area contributed by atoms with Crippen molar-refractivity contribution in [1.29, 1.82) is 0 Å². The standard InChI is InChI=1S/C16H22N2O6S/c1-12(15(19)18-9-4-5-10-18)24-16(20)13-7-6-8-14(11-13)25(21,22)17(2)23-3/h6-8,11-12H,4-5,9-10H2,1-3H3/t12-/m0/s1. The molecule has 138 valence electrons. The Hall–Kier alpha value is -1.97. The van der Waals surface area contributed by atoms with Crippen LogP contribution in [0.4, 0.5) is 0 Å². The second-order valence-corrected chi connectivity index (χ2v) is 7.64. The Morgan fingerprint density at radius 2 is 1.88 bits per heavy atom. The fourth-order valence-electron chi connectivity index (χ4n) is 2.50. The van der Waals surface area contributed by atoms with E-state index in [1.54, 1.807) is 4.90 Å². The van der Waals surface area contributed by atoms with Crippen LogP contribution in [0.1, 0.15) is 30.1 Å². The molecule has 0 bridgehead atoms. The number of carbonyl (C=O) groups excluding carboxylic acids is 2. The Morgan fingerprint density at radius 1 is 1.24 bits per heavy atom. The molecule has 25 heavy (non-hydrogen) atoms. The molecular weight excluding hydrogens is 348 g/mol. The Bertz CT molecular complexity index is 743. The summed E-state index contributed by atoms with van der Waals surface area (Å²) in [4.78, 5) is 30.7. The number of hydrogen-bond donors (Lipinski definition) is 0. The molecule has 1 heterocycles. The van der Waals surface area contributed by atoms with Crippen LogP contribution in [0.25, 0.3) is 0 Å². The number of nitrogens with zero attached hydrogens (tertiary/aromatic N) is 2. The quantitative estimate of drug-likeness (QED) is 0.549. The predicted octanol–water partition coefficient (Wildman–Crippen LogP) is 1.04. The molecule has 1 saturated heterocycles. The van der Waals surface area contributed by atoms with Crippen molar-refractivity contribution in [3.8, 4) is 0 Å². The van der Waals surface area contributed by atoms with Gasteiger partial charge in [0.05, 0.1) is 17.6 Å². The molecule has 0 aliphatic carbocycles. The fraction of sp³-hybridized carbons (Fsp3) is 0.500. The molecule has 0 saturated carbocycles. The van der Waals surface area contributed by atoms with Crippen molar-refractivity contribution in [2.75, 3.05) is 27.2 Å². The molecule has 0 N–H and O–H groups in total. The number of sulfonamides is 1. The summed E-state index contributed by atoms with van der Waals surface area (Å²) in [6, 6.07) is 5.40. The van der Waals surface area contributed by atoms with Gasteiger partial charge >= 0.3 is 5.97 Å². The van der Waals surface area contributed by atoms with Gasteiger partial charge < -0.3 is 9.64 Å². The monoisotopic (exact) mass is 370 g/mol. The van der Waals surface area contributed by atoms with Crippen LogP contribution < -0.4 is 0 Å². The smallest absolute Gasteiger partial charge is 0.338 e. The minimum atomic E-state index is -3.87. The summed E-state index contributed by atoms with van der Waals surface area (Å²) in [6.45, 7) is 2.84. The number of rotatable bonds is 6. The van der Waals surface area contributed by atoms with Crippen LogP contribution in [0.3, 0.4) is 0 Å². The van der Waals surface area contributed by atoms with Gasteiger partial charge in [-0.05, 0) is 38.0 Å². The van der Waals surface area contributed by atoms with Crippen LogP contribution in [0.2, 0.25) is 0 Å². The molecule has 8 nitrogen and oxygen atoms in total. The van der Waals surface area contributed by atoms with Gasteiger partial charge in [0, 0.05) is 20.1 Å². The molecule has 0 spiro atoms. The van der Waals surface area contributed by atoms with Crippen molar-refractivity contribution in [3.63, 3.8) is 0 Å². The molecule has 2 rings (SSSR count). The summed E-state index contributed by atoms with van der Waals surface area (Å²) in [7, 11) is -1.40. The highest BCUT2D eigenvalue weighted by Gasteiger charge is 2.27. The van der Waals surface area contributed by atoms with Gasteiger partial charge in [-0.25, -0.2) is 13.2 Å². The largest absolute Gasteiger partial charge is 0.449 e. The number of hydroxylamine groups is 1. The van der Waals surface area contributed by atoms with Crippen molar-refractivity contribution >= 4 is 21.9 Å². The molecule has 1 aromatic carbocycles. The van der Waals surface area contributed by atoms with Gasteiger partial charge in [0.1, 0.15) is 0 Å². The zero-order chi connectivity index (χ0) is 18.6. The Morgan fingerprint density at radius 3 is 2.48 bits per heavy atom. The van der Waals surface area contributed by atoms with E-state index in [9.17, 15) is 18.0 Å². The van der Waals surface area contributed by atoms with E-state index < -0.39 is 22.1 Å². The summed E-state index contributed by atoms with van der Waals surface area (Å²) in [5.41, 5.74) is 0.0478. The topological polar surface area (TPSA) is 93.2 Å². The molecule has 1 aliphatic heterocycles. The highest BCUT2D eigenvalue weighted by atomic mass is 32.2. The van der Waals surface area contributed by atoms with Crippen LogP contribution in [0, 0.1) is 0 Å². The molecule has 1 aromatic rings. The van der Waals surface area contributed by atoms with Crippen molar-refractivity contribution in [2.45, 2.75) is 30.8 Å². The molecule has 0 radical (unpaired) electrons. The second-order valence-electron chi connectivity index (χ2n) is 5.71. The molecule has 9 heteroatoms. The zero-order valence-electron chi connectivity index (χ0n) is 14.5. The minimum Gasteiger partial charge on any atom is -0.449 e. The first kappa shape index (κ1) is 19.4. The lowest BCUT2D eigenvalue weighted by Gasteiger charge is -2.20. The first-order valence-electron chi connectivity index (χ1n) is 7.90. The molecule has 0 aromatic heterocycles. The van der Waals surface area contributed by atoms with Crippen LogP contribution >= 0.6 is 0 Å². The summed E-state index contributed by atoms with van der Waals surface area (Å²) < 4.78 is 30.3. The van der Waals surface area contributed by atoms with Crippen molar-refractivity contribution in [2.24, 2.45) is 0 Å². The van der Waals surface area contributed by atoms with E-state index in [1.807, 2.05) is 0 Å². The maximum atomic E-state index is 12.3. The number of benzene rings is 1. The zero-order valence-corrected chi connectivity index (χ0v) is 15.3. The minimum absolute atomic E-state index is 0.0478. The van der Waals surface area contributed by atoms with Gasteiger partial charge in [0.15, 0.2) is 6.10 Å². The number of ether oxygens (including phenoxy) is 1. The van der Waals surface area contributed by atoms with Gasteiger partial charge in [0.25, 0.3) is 15.9 Å². The first-order chi connectivity index (χ1) is 11.8. The molecule has 1 amide bonds. The van der Waals surface area contributed by atoms with E-state index in [2.05, 4.69) is 0 Å². The third-order valence-electron chi connectivity index (χ3n) is 4.01. The number of hydrogen-bond acceptors (Lipinski definition) is 6. The first-order valence-corrected chi connectivity index (χ1v) is 9.34. The lowest BCUT2D eigenvalue weighted by Crippen LogP contribution is -2.38. The average molecular weight is 370 g/mol. The molecule has 0 unspecified atom stereocenters. The number of likely N-dealkylation sites (tertiary alicyclic amines) is 1. The predicted molar refractivity (Wildman–Crippen MR) is 89.1 cm³/mol. The van der Waals surface area contributed by atoms with Gasteiger partial charge in [0.2, 0.25) is 0 Å². The van der Waals surface area contributed by atoms with Crippen molar-refractivity contribution in [3.05, 3.63) is 29.8 Å². The van der Waals surface area contributed by atoms with E-state index in [-0.39, 0.29) is 16.4 Å². The van der Waals surface area contributed by atoms with Crippen molar-refractivity contribution < 1.29 is 27.6 Å². The SMILES string of the molecule is CON(C)S(=O)(=O)c1cccc(C(=O)O[C@@H](C)C(=O)N2CCCC2)c1. The summed E-state index contributed by atoms with van der Waals surface area (Å²) >= 11 is 0. The van der Waals surface area contributed by atoms with E-state index in [4.69, 9.17) is 9.57 Å². The maximum Gasteiger partial charge on any atom is 0.338 e. The van der Waals surface area contributed by atoms with Crippen LogP contribution in [-0.4, -0.2) is 63.0 Å². The van der Waals surface area contributed by atoms with Gasteiger partial charge in [-0.1, -0.05) is 10.5 Å². The number of esters is 1. The van der Waals surface area contributed by atoms with Gasteiger partial charge in [-0.3, -0.25) is 9.63 Å². The third kappa shape index (κ3) is 4.36. The number of amides is 1.